The van der Waals surface area contributed by atoms with Gasteiger partial charge in [0.15, 0.2) is 17.9 Å². The number of hydrogen-bond acceptors (Lipinski definition) is 6. The number of nitrogens with zero attached hydrogens (tertiary/aromatic N) is 3. The Labute approximate surface area is 129 Å². The molecule has 0 saturated heterocycles. The van der Waals surface area contributed by atoms with Gasteiger partial charge in [-0.2, -0.15) is 0 Å². The Kier molecular flexibility index (Phi) is 3.44. The van der Waals surface area contributed by atoms with Crippen molar-refractivity contribution >= 4 is 28.2 Å². The van der Waals surface area contributed by atoms with Crippen LogP contribution in [0, 0.1) is 13.8 Å². The summed E-state index contributed by atoms with van der Waals surface area (Å²) < 4.78 is 5.49. The molecule has 3 rings (SSSR count). The lowest BCUT2D eigenvalue weighted by Gasteiger charge is -2.07. The predicted octanol–water partition coefficient (Wildman–Crippen LogP) is 0.770. The topological polar surface area (TPSA) is 107 Å². The number of ether oxygens (including phenoxy) is 1. The molecule has 2 aromatic heterocycles. The van der Waals surface area contributed by atoms with Crippen molar-refractivity contribution < 1.29 is 9.53 Å². The molecular weight excluding hydrogens is 300 g/mol. The van der Waals surface area contributed by atoms with E-state index in [1.807, 2.05) is 26.0 Å². The SMILES string of the molecule is CC(=O)OCn1c(=O)[nH]c2nc3cc(C)c(C)cc3nc2c1=O. The Balaban J connectivity index is 2.29. The Morgan fingerprint density at radius 2 is 1.78 bits per heavy atom. The zero-order valence-corrected chi connectivity index (χ0v) is 12.8. The van der Waals surface area contributed by atoms with Gasteiger partial charge in [0.2, 0.25) is 0 Å². The van der Waals surface area contributed by atoms with E-state index in [-0.39, 0.29) is 11.2 Å². The lowest BCUT2D eigenvalue weighted by molar-refractivity contribution is -0.144. The first-order valence-corrected chi connectivity index (χ1v) is 6.92. The van der Waals surface area contributed by atoms with E-state index >= 15 is 0 Å². The number of aromatic nitrogens is 4. The van der Waals surface area contributed by atoms with Gasteiger partial charge in [0.05, 0.1) is 11.0 Å². The summed E-state index contributed by atoms with van der Waals surface area (Å²) >= 11 is 0. The van der Waals surface area contributed by atoms with E-state index in [2.05, 4.69) is 15.0 Å². The van der Waals surface area contributed by atoms with Crippen LogP contribution >= 0.6 is 0 Å². The van der Waals surface area contributed by atoms with Crippen LogP contribution in [0.4, 0.5) is 0 Å². The Morgan fingerprint density at radius 1 is 1.17 bits per heavy atom. The van der Waals surface area contributed by atoms with Gasteiger partial charge in [0.25, 0.3) is 5.56 Å². The first kappa shape index (κ1) is 14.9. The molecule has 23 heavy (non-hydrogen) atoms. The number of aryl methyl sites for hydroxylation is 2. The molecule has 8 nitrogen and oxygen atoms in total. The van der Waals surface area contributed by atoms with Crippen molar-refractivity contribution in [2.45, 2.75) is 27.5 Å². The smallest absolute Gasteiger partial charge is 0.332 e. The van der Waals surface area contributed by atoms with Crippen LogP contribution in [-0.4, -0.2) is 25.5 Å². The van der Waals surface area contributed by atoms with Crippen molar-refractivity contribution in [1.29, 1.82) is 0 Å². The maximum atomic E-state index is 12.4. The normalized spacial score (nSPS) is 11.1. The van der Waals surface area contributed by atoms with E-state index in [0.717, 1.165) is 15.7 Å². The highest BCUT2D eigenvalue weighted by molar-refractivity contribution is 5.84. The van der Waals surface area contributed by atoms with E-state index < -0.39 is 23.9 Å². The third kappa shape index (κ3) is 2.59. The maximum absolute atomic E-state index is 12.4. The van der Waals surface area contributed by atoms with Crippen LogP contribution in [0.1, 0.15) is 18.1 Å². The van der Waals surface area contributed by atoms with E-state index in [0.29, 0.717) is 11.0 Å². The molecule has 0 amide bonds. The highest BCUT2D eigenvalue weighted by Gasteiger charge is 2.12. The van der Waals surface area contributed by atoms with Crippen molar-refractivity contribution in [1.82, 2.24) is 19.5 Å². The number of fused-ring (bicyclic) bond motifs is 2. The van der Waals surface area contributed by atoms with Crippen LogP contribution in [0.25, 0.3) is 22.2 Å². The fourth-order valence-electron chi connectivity index (χ4n) is 2.21. The minimum atomic E-state index is -0.707. The van der Waals surface area contributed by atoms with Crippen molar-refractivity contribution in [3.63, 3.8) is 0 Å². The molecule has 0 spiro atoms. The van der Waals surface area contributed by atoms with Crippen LogP contribution < -0.4 is 11.2 Å². The number of nitrogens with one attached hydrogen (secondary N) is 1. The van der Waals surface area contributed by atoms with Crippen LogP contribution in [0.3, 0.4) is 0 Å². The van der Waals surface area contributed by atoms with Crippen LogP contribution in [-0.2, 0) is 16.3 Å². The molecule has 1 aromatic carbocycles. The largest absolute Gasteiger partial charge is 0.444 e. The van der Waals surface area contributed by atoms with Crippen molar-refractivity contribution in [2.24, 2.45) is 0 Å². The summed E-state index contributed by atoms with van der Waals surface area (Å²) in [7, 11) is 0. The van der Waals surface area contributed by atoms with E-state index in [1.165, 1.54) is 6.92 Å². The van der Waals surface area contributed by atoms with Crippen molar-refractivity contribution in [2.75, 3.05) is 0 Å². The van der Waals surface area contributed by atoms with Crippen molar-refractivity contribution in [3.8, 4) is 0 Å². The number of carbonyl (C=O) groups excluding carboxylic acids is 1. The molecule has 0 bridgehead atoms. The van der Waals surface area contributed by atoms with Crippen LogP contribution in [0.2, 0.25) is 0 Å². The zero-order valence-electron chi connectivity index (χ0n) is 12.8. The molecule has 0 aliphatic carbocycles. The Morgan fingerprint density at radius 3 is 2.39 bits per heavy atom. The van der Waals surface area contributed by atoms with E-state index in [4.69, 9.17) is 4.74 Å². The van der Waals surface area contributed by atoms with E-state index in [1.54, 1.807) is 0 Å². The minimum Gasteiger partial charge on any atom is -0.444 e. The number of H-pyrrole nitrogens is 1. The molecule has 8 heteroatoms. The number of esters is 1. The van der Waals surface area contributed by atoms with Gasteiger partial charge in [-0.1, -0.05) is 0 Å². The second kappa shape index (κ2) is 5.31. The summed E-state index contributed by atoms with van der Waals surface area (Å²) in [6.07, 6.45) is 0. The summed E-state index contributed by atoms with van der Waals surface area (Å²) in [5, 5.41) is 0. The standard InChI is InChI=1S/C15H14N4O4/c1-7-4-10-11(5-8(7)2)17-13-12(16-10)14(21)19(15(22)18-13)6-23-9(3)20/h4-5H,6H2,1-3H3,(H,17,18,22). The lowest BCUT2D eigenvalue weighted by Crippen LogP contribution is -2.36. The average Bonchev–Trinajstić information content (AvgIpc) is 2.47. The monoisotopic (exact) mass is 314 g/mol. The number of hydrogen-bond donors (Lipinski definition) is 1. The first-order valence-electron chi connectivity index (χ1n) is 6.92. The van der Waals surface area contributed by atoms with Gasteiger partial charge in [-0.05, 0) is 37.1 Å². The summed E-state index contributed by atoms with van der Waals surface area (Å²) in [6.45, 7) is 4.61. The highest BCUT2D eigenvalue weighted by atomic mass is 16.5. The van der Waals surface area contributed by atoms with Gasteiger partial charge >= 0.3 is 11.7 Å². The minimum absolute atomic E-state index is 0.0208. The predicted molar refractivity (Wildman–Crippen MR) is 83.2 cm³/mol. The van der Waals surface area contributed by atoms with Gasteiger partial charge in [-0.15, -0.1) is 0 Å². The van der Waals surface area contributed by atoms with Gasteiger partial charge < -0.3 is 4.74 Å². The molecule has 0 radical (unpaired) electrons. The second-order valence-corrected chi connectivity index (χ2v) is 5.27. The number of aromatic amines is 1. The molecule has 3 aromatic rings. The molecule has 0 unspecified atom stereocenters. The van der Waals surface area contributed by atoms with Crippen LogP contribution in [0.5, 0.6) is 0 Å². The Hall–Kier alpha value is -3.03. The molecule has 1 N–H and O–H groups in total. The summed E-state index contributed by atoms with van der Waals surface area (Å²) in [6, 6.07) is 3.68. The van der Waals surface area contributed by atoms with Crippen LogP contribution in [0.15, 0.2) is 21.7 Å². The molecule has 0 saturated carbocycles. The number of rotatable bonds is 2. The quantitative estimate of drug-likeness (QED) is 0.553. The molecule has 2 heterocycles. The molecule has 0 aliphatic rings. The Bertz CT molecular complexity index is 1060. The molecule has 0 fully saturated rings. The maximum Gasteiger partial charge on any atom is 0.332 e. The number of carbonyl (C=O) groups is 1. The fraction of sp³-hybridized carbons (Fsp3) is 0.267. The second-order valence-electron chi connectivity index (χ2n) is 5.27. The average molecular weight is 314 g/mol. The third-order valence-electron chi connectivity index (χ3n) is 3.59. The summed E-state index contributed by atoms with van der Waals surface area (Å²) in [5.41, 5.74) is 1.98. The van der Waals surface area contributed by atoms with Gasteiger partial charge in [-0.25, -0.2) is 19.3 Å². The number of benzene rings is 1. The van der Waals surface area contributed by atoms with Crippen molar-refractivity contribution in [3.05, 3.63) is 44.1 Å². The molecule has 0 aliphatic heterocycles. The van der Waals surface area contributed by atoms with Gasteiger partial charge in [0.1, 0.15) is 0 Å². The van der Waals surface area contributed by atoms with Gasteiger partial charge in [0, 0.05) is 6.92 Å². The zero-order chi connectivity index (χ0) is 16.7. The summed E-state index contributed by atoms with van der Waals surface area (Å²) in [4.78, 5) is 46.3. The molecule has 0 atom stereocenters. The highest BCUT2D eigenvalue weighted by Crippen LogP contribution is 2.17. The first-order chi connectivity index (χ1) is 10.9. The molecule has 118 valence electrons. The molecular formula is C15H14N4O4. The third-order valence-corrected chi connectivity index (χ3v) is 3.59. The van der Waals surface area contributed by atoms with E-state index in [9.17, 15) is 14.4 Å². The lowest BCUT2D eigenvalue weighted by atomic mass is 10.1. The fourth-order valence-corrected chi connectivity index (χ4v) is 2.21. The summed E-state index contributed by atoms with van der Waals surface area (Å²) in [5.74, 6) is -0.591. The van der Waals surface area contributed by atoms with Gasteiger partial charge in [-0.3, -0.25) is 14.6 Å².